The van der Waals surface area contributed by atoms with Crippen molar-refractivity contribution < 1.29 is 17.5 Å². The molecule has 0 aliphatic heterocycles. The highest BCUT2D eigenvalue weighted by Crippen LogP contribution is 2.22. The summed E-state index contributed by atoms with van der Waals surface area (Å²) in [6.07, 6.45) is 0. The third kappa shape index (κ3) is 4.03. The third-order valence-electron chi connectivity index (χ3n) is 2.72. The number of hydrogen-bond acceptors (Lipinski definition) is 3. The molecule has 0 bridgehead atoms. The molecule has 0 unspecified atom stereocenters. The average molecular weight is 374 g/mol. The molecule has 2 aromatic rings. The van der Waals surface area contributed by atoms with Gasteiger partial charge in [-0.1, -0.05) is 12.1 Å². The number of ether oxygens (including phenoxy) is 1. The fourth-order valence-corrected chi connectivity index (χ4v) is 3.00. The summed E-state index contributed by atoms with van der Waals surface area (Å²) in [6, 6.07) is 10.3. The van der Waals surface area contributed by atoms with Crippen molar-refractivity contribution in [3.63, 3.8) is 0 Å². The molecule has 0 saturated carbocycles. The van der Waals surface area contributed by atoms with Gasteiger partial charge in [0.25, 0.3) is 10.0 Å². The van der Waals surface area contributed by atoms with Gasteiger partial charge in [-0.15, -0.1) is 0 Å². The van der Waals surface area contributed by atoms with Crippen molar-refractivity contribution in [1.82, 2.24) is 0 Å². The molecular weight excluding hydrogens is 361 g/mol. The van der Waals surface area contributed by atoms with Crippen LogP contribution in [0.3, 0.4) is 0 Å². The van der Waals surface area contributed by atoms with Crippen molar-refractivity contribution in [3.8, 4) is 0 Å². The Morgan fingerprint density at radius 2 is 1.86 bits per heavy atom. The van der Waals surface area contributed by atoms with Crippen molar-refractivity contribution in [1.29, 1.82) is 0 Å². The lowest BCUT2D eigenvalue weighted by atomic mass is 10.2. The Kier molecular flexibility index (Phi) is 4.97. The van der Waals surface area contributed by atoms with E-state index in [2.05, 4.69) is 20.7 Å². The quantitative estimate of drug-likeness (QED) is 0.871. The molecule has 2 rings (SSSR count). The maximum Gasteiger partial charge on any atom is 0.261 e. The van der Waals surface area contributed by atoms with E-state index in [0.717, 1.165) is 11.6 Å². The third-order valence-corrected chi connectivity index (χ3v) is 4.76. The summed E-state index contributed by atoms with van der Waals surface area (Å²) < 4.78 is 45.3. The molecule has 21 heavy (non-hydrogen) atoms. The first-order valence-corrected chi connectivity index (χ1v) is 8.26. The highest BCUT2D eigenvalue weighted by Gasteiger charge is 2.14. The van der Waals surface area contributed by atoms with Crippen LogP contribution in [0.15, 0.2) is 51.8 Å². The zero-order valence-corrected chi connectivity index (χ0v) is 13.5. The van der Waals surface area contributed by atoms with Gasteiger partial charge < -0.3 is 4.74 Å². The molecular formula is C14H13BrFNO3S. The molecule has 0 radical (unpaired) electrons. The van der Waals surface area contributed by atoms with Crippen LogP contribution in [0.5, 0.6) is 0 Å². The van der Waals surface area contributed by atoms with Crippen LogP contribution in [0.1, 0.15) is 5.56 Å². The van der Waals surface area contributed by atoms with E-state index in [4.69, 9.17) is 4.74 Å². The van der Waals surface area contributed by atoms with Crippen molar-refractivity contribution in [2.75, 3.05) is 11.8 Å². The second-order valence-electron chi connectivity index (χ2n) is 4.31. The van der Waals surface area contributed by atoms with E-state index in [1.165, 1.54) is 24.3 Å². The van der Waals surface area contributed by atoms with Crippen LogP contribution < -0.4 is 4.72 Å². The Labute approximate surface area is 131 Å². The molecule has 0 heterocycles. The summed E-state index contributed by atoms with van der Waals surface area (Å²) in [5.74, 6) is -0.536. The molecule has 0 aliphatic rings. The molecule has 0 amide bonds. The largest absolute Gasteiger partial charge is 0.380 e. The maximum atomic E-state index is 13.4. The lowest BCUT2D eigenvalue weighted by molar-refractivity contribution is 0.185. The number of methoxy groups -OCH3 is 1. The van der Waals surface area contributed by atoms with E-state index in [1.54, 1.807) is 19.2 Å². The van der Waals surface area contributed by atoms with Gasteiger partial charge >= 0.3 is 0 Å². The van der Waals surface area contributed by atoms with Gasteiger partial charge in [-0.05, 0) is 51.8 Å². The minimum Gasteiger partial charge on any atom is -0.380 e. The van der Waals surface area contributed by atoms with E-state index in [1.807, 2.05) is 0 Å². The number of sulfonamides is 1. The number of benzene rings is 2. The molecule has 0 fully saturated rings. The first-order chi connectivity index (χ1) is 9.92. The van der Waals surface area contributed by atoms with Gasteiger partial charge in [0.1, 0.15) is 5.82 Å². The first-order valence-electron chi connectivity index (χ1n) is 5.98. The van der Waals surface area contributed by atoms with E-state index in [-0.39, 0.29) is 15.1 Å². The Morgan fingerprint density at radius 3 is 2.43 bits per heavy atom. The van der Waals surface area contributed by atoms with Gasteiger partial charge in [0.05, 0.1) is 21.7 Å². The summed E-state index contributed by atoms with van der Waals surface area (Å²) in [4.78, 5) is 0.102. The Balaban J connectivity index is 2.23. The van der Waals surface area contributed by atoms with Crippen LogP contribution in [0.4, 0.5) is 10.1 Å². The predicted octanol–water partition coefficient (Wildman–Crippen LogP) is 3.54. The molecule has 0 saturated heterocycles. The van der Waals surface area contributed by atoms with E-state index in [9.17, 15) is 12.8 Å². The van der Waals surface area contributed by atoms with Gasteiger partial charge in [0, 0.05) is 7.11 Å². The number of hydrogen-bond donors (Lipinski definition) is 1. The topological polar surface area (TPSA) is 55.4 Å². The van der Waals surface area contributed by atoms with Crippen LogP contribution in [-0.4, -0.2) is 15.5 Å². The fraction of sp³-hybridized carbons (Fsp3) is 0.143. The molecule has 2 aromatic carbocycles. The summed E-state index contributed by atoms with van der Waals surface area (Å²) in [5, 5.41) is 0. The van der Waals surface area contributed by atoms with Crippen LogP contribution >= 0.6 is 15.9 Å². The first kappa shape index (κ1) is 15.9. The minimum absolute atomic E-state index is 0.102. The highest BCUT2D eigenvalue weighted by atomic mass is 79.9. The smallest absolute Gasteiger partial charge is 0.261 e. The van der Waals surface area contributed by atoms with E-state index >= 15 is 0 Å². The summed E-state index contributed by atoms with van der Waals surface area (Å²) >= 11 is 3.01. The van der Waals surface area contributed by atoms with Crippen molar-refractivity contribution in [2.24, 2.45) is 0 Å². The summed E-state index contributed by atoms with van der Waals surface area (Å²) in [7, 11) is -2.18. The molecule has 0 aliphatic carbocycles. The van der Waals surface area contributed by atoms with Crippen LogP contribution in [0.2, 0.25) is 0 Å². The molecule has 0 aromatic heterocycles. The molecule has 4 nitrogen and oxygen atoms in total. The Bertz CT molecular complexity index is 732. The molecule has 1 N–H and O–H groups in total. The zero-order chi connectivity index (χ0) is 15.5. The zero-order valence-electron chi connectivity index (χ0n) is 11.1. The molecule has 0 spiro atoms. The van der Waals surface area contributed by atoms with Gasteiger partial charge in [-0.25, -0.2) is 12.8 Å². The number of anilines is 1. The predicted molar refractivity (Wildman–Crippen MR) is 82.1 cm³/mol. The molecule has 112 valence electrons. The molecule has 0 atom stereocenters. The SMILES string of the molecule is COCc1ccc(S(=O)(=O)Nc2ccc(Br)c(F)c2)cc1. The number of nitrogens with one attached hydrogen (secondary N) is 1. The highest BCUT2D eigenvalue weighted by molar-refractivity contribution is 9.10. The van der Waals surface area contributed by atoms with Crippen LogP contribution in [-0.2, 0) is 21.4 Å². The van der Waals surface area contributed by atoms with Crippen molar-refractivity contribution in [2.45, 2.75) is 11.5 Å². The lowest BCUT2D eigenvalue weighted by Crippen LogP contribution is -2.13. The Hall–Kier alpha value is -1.44. The van der Waals surface area contributed by atoms with Gasteiger partial charge in [-0.2, -0.15) is 0 Å². The van der Waals surface area contributed by atoms with Gasteiger partial charge in [0.2, 0.25) is 0 Å². The van der Waals surface area contributed by atoms with Crippen molar-refractivity contribution in [3.05, 3.63) is 58.3 Å². The minimum atomic E-state index is -3.75. The van der Waals surface area contributed by atoms with E-state index < -0.39 is 15.8 Å². The average Bonchev–Trinajstić information content (AvgIpc) is 2.44. The summed E-state index contributed by atoms with van der Waals surface area (Å²) in [5.41, 5.74) is 1.03. The van der Waals surface area contributed by atoms with Crippen molar-refractivity contribution >= 4 is 31.6 Å². The Morgan fingerprint density at radius 1 is 1.19 bits per heavy atom. The molecule has 7 heteroatoms. The lowest BCUT2D eigenvalue weighted by Gasteiger charge is -2.09. The number of halogens is 2. The fourth-order valence-electron chi connectivity index (χ4n) is 1.71. The summed E-state index contributed by atoms with van der Waals surface area (Å²) in [6.45, 7) is 0.408. The monoisotopic (exact) mass is 373 g/mol. The van der Waals surface area contributed by atoms with Gasteiger partial charge in [-0.3, -0.25) is 4.72 Å². The maximum absolute atomic E-state index is 13.4. The van der Waals surface area contributed by atoms with Gasteiger partial charge in [0.15, 0.2) is 0 Å². The van der Waals surface area contributed by atoms with Crippen LogP contribution in [0, 0.1) is 5.82 Å². The van der Waals surface area contributed by atoms with E-state index in [0.29, 0.717) is 6.61 Å². The van der Waals surface area contributed by atoms with Crippen LogP contribution in [0.25, 0.3) is 0 Å². The normalized spacial score (nSPS) is 11.4. The second-order valence-corrected chi connectivity index (χ2v) is 6.85. The standard InChI is InChI=1S/C14H13BrFNO3S/c1-20-9-10-2-5-12(6-3-10)21(18,19)17-11-4-7-13(15)14(16)8-11/h2-8,17H,9H2,1H3. The number of rotatable bonds is 5. The second kappa shape index (κ2) is 6.55.